The van der Waals surface area contributed by atoms with Gasteiger partial charge in [-0.05, 0) is 64.1 Å². The molecule has 1 aliphatic heterocycles. The van der Waals surface area contributed by atoms with Gasteiger partial charge in [0.2, 0.25) is 0 Å². The van der Waals surface area contributed by atoms with Crippen molar-refractivity contribution in [2.45, 2.75) is 57.4 Å². The lowest BCUT2D eigenvalue weighted by atomic mass is 9.75. The number of likely N-dealkylation sites (tertiary alicyclic amines) is 1. The summed E-state index contributed by atoms with van der Waals surface area (Å²) in [6, 6.07) is 0. The molecule has 1 heterocycles. The number of nitrogens with two attached hydrogens (primary N) is 1. The van der Waals surface area contributed by atoms with Crippen LogP contribution in [0.3, 0.4) is 0 Å². The minimum Gasteiger partial charge on any atom is -0.325 e. The molecule has 2 nitrogen and oxygen atoms in total. The van der Waals surface area contributed by atoms with Gasteiger partial charge in [-0.3, -0.25) is 0 Å². The number of nitrogens with zero attached hydrogens (tertiary/aromatic N) is 1. The van der Waals surface area contributed by atoms with Gasteiger partial charge in [0.15, 0.2) is 0 Å². The Morgan fingerprint density at radius 3 is 2.40 bits per heavy atom. The predicted molar refractivity (Wildman–Crippen MR) is 64.8 cm³/mol. The van der Waals surface area contributed by atoms with Crippen LogP contribution in [-0.2, 0) is 0 Å². The fraction of sp³-hybridized carbons (Fsp3) is 1.00. The zero-order valence-corrected chi connectivity index (χ0v) is 10.2. The molecule has 2 rings (SSSR count). The molecule has 0 aromatic rings. The van der Waals surface area contributed by atoms with E-state index in [1.807, 2.05) is 0 Å². The fourth-order valence-electron chi connectivity index (χ4n) is 2.88. The zero-order chi connectivity index (χ0) is 10.7. The van der Waals surface area contributed by atoms with Crippen LogP contribution in [0.15, 0.2) is 0 Å². The van der Waals surface area contributed by atoms with Gasteiger partial charge in [0.25, 0.3) is 0 Å². The van der Waals surface area contributed by atoms with Gasteiger partial charge in [0.05, 0.1) is 0 Å². The summed E-state index contributed by atoms with van der Waals surface area (Å²) in [6.07, 6.45) is 9.30. The third kappa shape index (κ3) is 2.94. The largest absolute Gasteiger partial charge is 0.325 e. The van der Waals surface area contributed by atoms with Crippen LogP contribution in [0.2, 0.25) is 0 Å². The molecule has 1 saturated carbocycles. The molecule has 0 aromatic carbocycles. The molecule has 1 saturated heterocycles. The lowest BCUT2D eigenvalue weighted by molar-refractivity contribution is 0.143. The van der Waals surface area contributed by atoms with E-state index < -0.39 is 0 Å². The zero-order valence-electron chi connectivity index (χ0n) is 10.2. The van der Waals surface area contributed by atoms with E-state index in [1.54, 1.807) is 0 Å². The molecule has 2 aliphatic rings. The monoisotopic (exact) mass is 210 g/mol. The second-order valence-corrected chi connectivity index (χ2v) is 5.66. The van der Waals surface area contributed by atoms with Crippen molar-refractivity contribution in [1.82, 2.24) is 4.90 Å². The van der Waals surface area contributed by atoms with E-state index in [2.05, 4.69) is 11.8 Å². The summed E-state index contributed by atoms with van der Waals surface area (Å²) in [7, 11) is 0. The van der Waals surface area contributed by atoms with Crippen molar-refractivity contribution in [2.75, 3.05) is 19.6 Å². The average Bonchev–Trinajstić information content (AvgIpc) is 2.24. The summed E-state index contributed by atoms with van der Waals surface area (Å²) in [5.74, 6) is 0.997. The summed E-state index contributed by atoms with van der Waals surface area (Å²) in [4.78, 5) is 2.62. The standard InChI is InChI=1S/C13H26N2/c1-2-12-4-9-15(10-5-12)11-8-13(14)6-3-7-13/h12H,2-11,14H2,1H3. The minimum atomic E-state index is 0.224. The van der Waals surface area contributed by atoms with Crippen molar-refractivity contribution in [2.24, 2.45) is 11.7 Å². The van der Waals surface area contributed by atoms with Crippen LogP contribution in [0.5, 0.6) is 0 Å². The first-order chi connectivity index (χ1) is 7.22. The number of rotatable bonds is 4. The molecule has 15 heavy (non-hydrogen) atoms. The molecular formula is C13H26N2. The Balaban J connectivity index is 1.64. The lowest BCUT2D eigenvalue weighted by Crippen LogP contribution is -2.49. The Labute approximate surface area is 94.2 Å². The van der Waals surface area contributed by atoms with Crippen molar-refractivity contribution in [3.63, 3.8) is 0 Å². The third-order valence-electron chi connectivity index (χ3n) is 4.56. The summed E-state index contributed by atoms with van der Waals surface area (Å²) in [6.45, 7) is 6.19. The summed E-state index contributed by atoms with van der Waals surface area (Å²) < 4.78 is 0. The summed E-state index contributed by atoms with van der Waals surface area (Å²) in [5.41, 5.74) is 6.47. The van der Waals surface area contributed by atoms with Crippen molar-refractivity contribution < 1.29 is 0 Å². The van der Waals surface area contributed by atoms with Crippen LogP contribution in [0, 0.1) is 5.92 Å². The molecule has 88 valence electrons. The van der Waals surface area contributed by atoms with Gasteiger partial charge in [-0.2, -0.15) is 0 Å². The molecule has 0 unspecified atom stereocenters. The van der Waals surface area contributed by atoms with Gasteiger partial charge in [-0.25, -0.2) is 0 Å². The van der Waals surface area contributed by atoms with E-state index in [0.29, 0.717) is 0 Å². The van der Waals surface area contributed by atoms with Crippen LogP contribution in [0.25, 0.3) is 0 Å². The molecule has 2 N–H and O–H groups in total. The van der Waals surface area contributed by atoms with Crippen LogP contribution in [0.4, 0.5) is 0 Å². The van der Waals surface area contributed by atoms with Crippen LogP contribution >= 0.6 is 0 Å². The maximum atomic E-state index is 6.25. The highest BCUT2D eigenvalue weighted by molar-refractivity contribution is 4.93. The summed E-state index contributed by atoms with van der Waals surface area (Å²) in [5, 5.41) is 0. The van der Waals surface area contributed by atoms with Crippen molar-refractivity contribution >= 4 is 0 Å². The van der Waals surface area contributed by atoms with E-state index in [-0.39, 0.29) is 5.54 Å². The van der Waals surface area contributed by atoms with Gasteiger partial charge < -0.3 is 10.6 Å². The minimum absolute atomic E-state index is 0.224. The normalized spacial score (nSPS) is 27.6. The molecule has 0 atom stereocenters. The SMILES string of the molecule is CCC1CCN(CCC2(N)CCC2)CC1. The van der Waals surface area contributed by atoms with Crippen LogP contribution < -0.4 is 5.73 Å². The fourth-order valence-corrected chi connectivity index (χ4v) is 2.88. The highest BCUT2D eigenvalue weighted by Gasteiger charge is 2.32. The topological polar surface area (TPSA) is 29.3 Å². The molecule has 0 amide bonds. The Hall–Kier alpha value is -0.0800. The Bertz CT molecular complexity index is 191. The second kappa shape index (κ2) is 4.84. The van der Waals surface area contributed by atoms with Gasteiger partial charge in [0, 0.05) is 5.54 Å². The third-order valence-corrected chi connectivity index (χ3v) is 4.56. The number of hydrogen-bond acceptors (Lipinski definition) is 2. The summed E-state index contributed by atoms with van der Waals surface area (Å²) >= 11 is 0. The van der Waals surface area contributed by atoms with E-state index in [0.717, 1.165) is 5.92 Å². The van der Waals surface area contributed by atoms with Crippen LogP contribution in [0.1, 0.15) is 51.9 Å². The lowest BCUT2D eigenvalue weighted by Gasteiger charge is -2.40. The van der Waals surface area contributed by atoms with Gasteiger partial charge in [-0.1, -0.05) is 13.3 Å². The smallest absolute Gasteiger partial charge is 0.0166 e. The first-order valence-electron chi connectivity index (χ1n) is 6.73. The molecule has 2 heteroatoms. The maximum absolute atomic E-state index is 6.25. The number of hydrogen-bond donors (Lipinski definition) is 1. The Kier molecular flexibility index (Phi) is 3.68. The van der Waals surface area contributed by atoms with Crippen LogP contribution in [-0.4, -0.2) is 30.1 Å². The van der Waals surface area contributed by atoms with E-state index in [9.17, 15) is 0 Å². The molecule has 0 bridgehead atoms. The van der Waals surface area contributed by atoms with E-state index >= 15 is 0 Å². The molecule has 0 radical (unpaired) electrons. The quantitative estimate of drug-likeness (QED) is 0.772. The van der Waals surface area contributed by atoms with Gasteiger partial charge in [0.1, 0.15) is 0 Å². The van der Waals surface area contributed by atoms with Crippen molar-refractivity contribution in [3.8, 4) is 0 Å². The molecular weight excluding hydrogens is 184 g/mol. The maximum Gasteiger partial charge on any atom is 0.0166 e. The van der Waals surface area contributed by atoms with Gasteiger partial charge in [-0.15, -0.1) is 0 Å². The Morgan fingerprint density at radius 2 is 1.93 bits per heavy atom. The average molecular weight is 210 g/mol. The van der Waals surface area contributed by atoms with Crippen molar-refractivity contribution in [1.29, 1.82) is 0 Å². The van der Waals surface area contributed by atoms with E-state index in [1.165, 1.54) is 64.6 Å². The van der Waals surface area contributed by atoms with E-state index in [4.69, 9.17) is 5.73 Å². The highest BCUT2D eigenvalue weighted by Crippen LogP contribution is 2.32. The molecule has 0 aromatic heterocycles. The molecule has 0 spiro atoms. The Morgan fingerprint density at radius 1 is 1.27 bits per heavy atom. The van der Waals surface area contributed by atoms with Gasteiger partial charge >= 0.3 is 0 Å². The first-order valence-corrected chi connectivity index (χ1v) is 6.73. The first kappa shape index (κ1) is 11.4. The molecule has 1 aliphatic carbocycles. The number of piperidine rings is 1. The predicted octanol–water partition coefficient (Wildman–Crippen LogP) is 2.38. The highest BCUT2D eigenvalue weighted by atomic mass is 15.1. The second-order valence-electron chi connectivity index (χ2n) is 5.66. The molecule has 2 fully saturated rings. The van der Waals surface area contributed by atoms with Crippen molar-refractivity contribution in [3.05, 3.63) is 0 Å².